The SMILES string of the molecule is COc1cc(/C(=C\C(=O)N2CCOCC2)C2=CC=C(F)CC2)ccc1O. The smallest absolute Gasteiger partial charge is 0.247 e. The second-order valence-corrected chi connectivity index (χ2v) is 6.19. The van der Waals surface area contributed by atoms with Crippen LogP contribution in [0.25, 0.3) is 5.57 Å². The summed E-state index contributed by atoms with van der Waals surface area (Å²) in [4.78, 5) is 14.4. The first-order chi connectivity index (χ1) is 12.6. The minimum absolute atomic E-state index is 0.0265. The molecule has 1 N–H and O–H groups in total. The summed E-state index contributed by atoms with van der Waals surface area (Å²) in [7, 11) is 1.47. The lowest BCUT2D eigenvalue weighted by Gasteiger charge is -2.26. The van der Waals surface area contributed by atoms with Gasteiger partial charge in [-0.15, -0.1) is 0 Å². The summed E-state index contributed by atoms with van der Waals surface area (Å²) in [5.74, 6) is 0.0752. The molecule has 5 nitrogen and oxygen atoms in total. The largest absolute Gasteiger partial charge is 0.504 e. The van der Waals surface area contributed by atoms with Crippen molar-refractivity contribution in [3.05, 3.63) is 53.4 Å². The Morgan fingerprint density at radius 3 is 2.69 bits per heavy atom. The number of ether oxygens (including phenoxy) is 2. The number of allylic oxidation sites excluding steroid dienone is 5. The Morgan fingerprint density at radius 1 is 1.27 bits per heavy atom. The number of amides is 1. The van der Waals surface area contributed by atoms with Gasteiger partial charge in [0.25, 0.3) is 0 Å². The van der Waals surface area contributed by atoms with Crippen molar-refractivity contribution in [2.24, 2.45) is 0 Å². The van der Waals surface area contributed by atoms with Crippen LogP contribution in [0.3, 0.4) is 0 Å². The standard InChI is InChI=1S/C20H22FNO4/c1-25-19-12-15(4-7-18(19)23)17(14-2-5-16(21)6-3-14)13-20(24)22-8-10-26-11-9-22/h2,4-5,7,12-13,23H,3,6,8-11H2,1H3/b17-13-. The van der Waals surface area contributed by atoms with Crippen molar-refractivity contribution in [1.82, 2.24) is 4.90 Å². The van der Waals surface area contributed by atoms with Crippen LogP contribution in [0.4, 0.5) is 4.39 Å². The summed E-state index contributed by atoms with van der Waals surface area (Å²) in [6.45, 7) is 2.15. The quantitative estimate of drug-likeness (QED) is 0.839. The number of benzene rings is 1. The highest BCUT2D eigenvalue weighted by Gasteiger charge is 2.19. The van der Waals surface area contributed by atoms with Crippen LogP contribution in [0.5, 0.6) is 11.5 Å². The van der Waals surface area contributed by atoms with Crippen molar-refractivity contribution >= 4 is 11.5 Å². The van der Waals surface area contributed by atoms with Gasteiger partial charge in [-0.05, 0) is 41.3 Å². The monoisotopic (exact) mass is 359 g/mol. The zero-order valence-electron chi connectivity index (χ0n) is 14.7. The fourth-order valence-electron chi connectivity index (χ4n) is 3.04. The maximum absolute atomic E-state index is 13.4. The molecule has 1 aliphatic heterocycles. The predicted octanol–water partition coefficient (Wildman–Crippen LogP) is 3.22. The minimum atomic E-state index is -0.170. The number of methoxy groups -OCH3 is 1. The molecule has 0 radical (unpaired) electrons. The molecular weight excluding hydrogens is 337 g/mol. The molecule has 1 fully saturated rings. The Balaban J connectivity index is 1.99. The van der Waals surface area contributed by atoms with Gasteiger partial charge >= 0.3 is 0 Å². The number of phenols is 1. The number of halogens is 1. The lowest BCUT2D eigenvalue weighted by molar-refractivity contribution is -0.129. The van der Waals surface area contributed by atoms with E-state index >= 15 is 0 Å². The van der Waals surface area contributed by atoms with E-state index in [-0.39, 0.29) is 17.5 Å². The van der Waals surface area contributed by atoms with Crippen molar-refractivity contribution < 1.29 is 23.8 Å². The van der Waals surface area contributed by atoms with Gasteiger partial charge in [-0.2, -0.15) is 0 Å². The van der Waals surface area contributed by atoms with E-state index in [0.717, 1.165) is 11.1 Å². The average molecular weight is 359 g/mol. The molecule has 1 aromatic carbocycles. The molecule has 0 unspecified atom stereocenters. The first-order valence-corrected chi connectivity index (χ1v) is 8.60. The number of phenolic OH excluding ortho intramolecular Hbond substituents is 1. The van der Waals surface area contributed by atoms with Crippen LogP contribution in [0.2, 0.25) is 0 Å². The number of hydrogen-bond donors (Lipinski definition) is 1. The van der Waals surface area contributed by atoms with Gasteiger partial charge in [-0.3, -0.25) is 4.79 Å². The molecule has 0 spiro atoms. The first-order valence-electron chi connectivity index (χ1n) is 8.60. The number of morpholine rings is 1. The molecule has 1 aromatic rings. The Labute approximate surface area is 152 Å². The third-order valence-electron chi connectivity index (χ3n) is 4.53. The summed E-state index contributed by atoms with van der Waals surface area (Å²) in [6.07, 6.45) is 5.54. The number of aromatic hydroxyl groups is 1. The molecule has 6 heteroatoms. The third-order valence-corrected chi connectivity index (χ3v) is 4.53. The molecule has 138 valence electrons. The summed E-state index contributed by atoms with van der Waals surface area (Å²) in [5, 5.41) is 9.84. The van der Waals surface area contributed by atoms with Crippen molar-refractivity contribution in [3.63, 3.8) is 0 Å². The fourth-order valence-corrected chi connectivity index (χ4v) is 3.04. The van der Waals surface area contributed by atoms with Crippen LogP contribution in [0, 0.1) is 0 Å². The summed E-state index contributed by atoms with van der Waals surface area (Å²) >= 11 is 0. The minimum Gasteiger partial charge on any atom is -0.504 e. The first kappa shape index (κ1) is 18.2. The van der Waals surface area contributed by atoms with E-state index in [1.54, 1.807) is 29.2 Å². The highest BCUT2D eigenvalue weighted by atomic mass is 19.1. The van der Waals surface area contributed by atoms with Crippen molar-refractivity contribution in [2.45, 2.75) is 12.8 Å². The molecule has 1 heterocycles. The molecule has 1 saturated heterocycles. The van der Waals surface area contributed by atoms with Crippen LogP contribution in [0.15, 0.2) is 47.8 Å². The maximum atomic E-state index is 13.4. The molecule has 0 atom stereocenters. The number of carbonyl (C=O) groups is 1. The van der Waals surface area contributed by atoms with E-state index in [1.165, 1.54) is 19.3 Å². The Kier molecular flexibility index (Phi) is 5.73. The van der Waals surface area contributed by atoms with E-state index in [0.29, 0.717) is 50.5 Å². The fraction of sp³-hybridized carbons (Fsp3) is 0.350. The Morgan fingerprint density at radius 2 is 2.04 bits per heavy atom. The Hall–Kier alpha value is -2.60. The molecule has 0 aromatic heterocycles. The van der Waals surface area contributed by atoms with Crippen LogP contribution >= 0.6 is 0 Å². The van der Waals surface area contributed by atoms with Gasteiger partial charge < -0.3 is 19.5 Å². The Bertz CT molecular complexity index is 776. The van der Waals surface area contributed by atoms with Gasteiger partial charge in [0.15, 0.2) is 11.5 Å². The molecule has 3 rings (SSSR count). The van der Waals surface area contributed by atoms with Crippen LogP contribution in [-0.2, 0) is 9.53 Å². The second kappa shape index (κ2) is 8.19. The highest BCUT2D eigenvalue weighted by molar-refractivity contribution is 5.99. The zero-order valence-corrected chi connectivity index (χ0v) is 14.7. The lowest BCUT2D eigenvalue weighted by atomic mass is 9.91. The zero-order chi connectivity index (χ0) is 18.5. The molecular formula is C20H22FNO4. The van der Waals surface area contributed by atoms with Crippen molar-refractivity contribution in [1.29, 1.82) is 0 Å². The average Bonchev–Trinajstić information content (AvgIpc) is 2.68. The molecule has 2 aliphatic rings. The highest BCUT2D eigenvalue weighted by Crippen LogP contribution is 2.35. The van der Waals surface area contributed by atoms with E-state index in [2.05, 4.69) is 0 Å². The van der Waals surface area contributed by atoms with Gasteiger partial charge in [-0.25, -0.2) is 4.39 Å². The molecule has 1 amide bonds. The van der Waals surface area contributed by atoms with Crippen molar-refractivity contribution in [3.8, 4) is 11.5 Å². The van der Waals surface area contributed by atoms with Gasteiger partial charge in [0.1, 0.15) is 5.83 Å². The van der Waals surface area contributed by atoms with Gasteiger partial charge in [-0.1, -0.05) is 12.1 Å². The number of carbonyl (C=O) groups excluding carboxylic acids is 1. The van der Waals surface area contributed by atoms with Gasteiger partial charge in [0.05, 0.1) is 20.3 Å². The molecule has 26 heavy (non-hydrogen) atoms. The van der Waals surface area contributed by atoms with Crippen LogP contribution in [-0.4, -0.2) is 49.3 Å². The molecule has 0 bridgehead atoms. The second-order valence-electron chi connectivity index (χ2n) is 6.19. The summed E-state index contributed by atoms with van der Waals surface area (Å²) in [6, 6.07) is 4.94. The summed E-state index contributed by atoms with van der Waals surface area (Å²) < 4.78 is 23.9. The van der Waals surface area contributed by atoms with E-state index < -0.39 is 0 Å². The number of nitrogens with zero attached hydrogens (tertiary/aromatic N) is 1. The third kappa shape index (κ3) is 4.14. The normalized spacial score (nSPS) is 18.2. The number of rotatable bonds is 4. The molecule has 0 saturated carbocycles. The van der Waals surface area contributed by atoms with Gasteiger partial charge in [0.2, 0.25) is 5.91 Å². The maximum Gasteiger partial charge on any atom is 0.247 e. The van der Waals surface area contributed by atoms with E-state index in [1.807, 2.05) is 0 Å². The van der Waals surface area contributed by atoms with E-state index in [4.69, 9.17) is 9.47 Å². The van der Waals surface area contributed by atoms with Crippen molar-refractivity contribution in [2.75, 3.05) is 33.4 Å². The molecule has 1 aliphatic carbocycles. The van der Waals surface area contributed by atoms with E-state index in [9.17, 15) is 14.3 Å². The number of hydrogen-bond acceptors (Lipinski definition) is 4. The topological polar surface area (TPSA) is 59.0 Å². The summed E-state index contributed by atoms with van der Waals surface area (Å²) in [5.41, 5.74) is 2.33. The van der Waals surface area contributed by atoms with Crippen LogP contribution < -0.4 is 4.74 Å². The van der Waals surface area contributed by atoms with Crippen LogP contribution in [0.1, 0.15) is 18.4 Å². The predicted molar refractivity (Wildman–Crippen MR) is 96.5 cm³/mol. The lowest BCUT2D eigenvalue weighted by Crippen LogP contribution is -2.39. The van der Waals surface area contributed by atoms with Gasteiger partial charge in [0, 0.05) is 25.6 Å².